The Morgan fingerprint density at radius 1 is 1.22 bits per heavy atom. The maximum Gasteiger partial charge on any atom is 0.573 e. The Morgan fingerprint density at radius 3 is 2.51 bits per heavy atom. The van der Waals surface area contributed by atoms with Crippen molar-refractivity contribution in [3.63, 3.8) is 0 Å². The summed E-state index contributed by atoms with van der Waals surface area (Å²) in [5.74, 6) is -1.41. The molecule has 0 bridgehead atoms. The van der Waals surface area contributed by atoms with E-state index in [0.717, 1.165) is 12.1 Å². The minimum absolute atomic E-state index is 0.0492. The minimum atomic E-state index is -4.82. The van der Waals surface area contributed by atoms with Crippen molar-refractivity contribution in [2.24, 2.45) is 0 Å². The van der Waals surface area contributed by atoms with Crippen LogP contribution in [0, 0.1) is 0 Å². The number of benzene rings is 1. The molecule has 0 amide bonds. The molecule has 0 aliphatic carbocycles. The van der Waals surface area contributed by atoms with Gasteiger partial charge in [0.15, 0.2) is 11.5 Å². The number of carboxylic acids is 1. The van der Waals surface area contributed by atoms with Crippen LogP contribution >= 0.6 is 7.44 Å². The largest absolute Gasteiger partial charge is 0.573 e. The molecule has 0 spiro atoms. The number of carbonyl (C=O) groups is 1. The summed E-state index contributed by atoms with van der Waals surface area (Å²) in [6.45, 7) is 4.64. The first-order valence-electron chi connectivity index (χ1n) is 10.9. The average molecular weight is 545 g/mol. The fraction of sp³-hybridized carbons (Fsp3) is 0.429. The maximum absolute atomic E-state index is 13.7. The first-order chi connectivity index (χ1) is 17.2. The van der Waals surface area contributed by atoms with Crippen molar-refractivity contribution < 1.29 is 37.1 Å². The smallest absolute Gasteiger partial charge is 0.480 e. The fourth-order valence-corrected chi connectivity index (χ4v) is 5.37. The summed E-state index contributed by atoms with van der Waals surface area (Å²) in [6, 6.07) is 4.96. The molecule has 2 aromatic heterocycles. The van der Waals surface area contributed by atoms with Gasteiger partial charge in [0.25, 0.3) is 0 Å². The molecule has 0 radical (unpaired) electrons. The number of nitrogen functional groups attached to an aromatic ring is 1. The third-order valence-corrected chi connectivity index (χ3v) is 7.22. The molecule has 0 aliphatic heterocycles. The maximum atomic E-state index is 13.7. The molecule has 3 aromatic rings. The van der Waals surface area contributed by atoms with E-state index < -0.39 is 37.2 Å². The molecule has 0 saturated heterocycles. The molecule has 0 fully saturated rings. The fourth-order valence-electron chi connectivity index (χ4n) is 3.24. The highest BCUT2D eigenvalue weighted by atomic mass is 31.2. The lowest BCUT2D eigenvalue weighted by Crippen LogP contribution is -2.47. The summed E-state index contributed by atoms with van der Waals surface area (Å²) in [5, 5.41) is 14.9. The zero-order chi connectivity index (χ0) is 27.4. The lowest BCUT2D eigenvalue weighted by molar-refractivity contribution is -0.274. The first kappa shape index (κ1) is 28.3. The topological polar surface area (TPSA) is 167 Å². The van der Waals surface area contributed by atoms with E-state index in [1.807, 2.05) is 0 Å². The van der Waals surface area contributed by atoms with E-state index in [2.05, 4.69) is 29.9 Å². The van der Waals surface area contributed by atoms with Crippen LogP contribution in [0.4, 0.5) is 19.0 Å². The molecule has 12 nitrogen and oxygen atoms in total. The van der Waals surface area contributed by atoms with Crippen LogP contribution in [0.5, 0.6) is 5.75 Å². The highest BCUT2D eigenvalue weighted by Crippen LogP contribution is 2.40. The highest BCUT2D eigenvalue weighted by Gasteiger charge is 2.36. The number of nitrogens with one attached hydrogen (secondary N) is 2. The zero-order valence-electron chi connectivity index (χ0n) is 20.2. The predicted octanol–water partition coefficient (Wildman–Crippen LogP) is 3.11. The van der Waals surface area contributed by atoms with Crippen molar-refractivity contribution in [2.45, 2.75) is 51.9 Å². The minimum Gasteiger partial charge on any atom is -0.480 e. The van der Waals surface area contributed by atoms with Crippen LogP contribution < -0.4 is 20.6 Å². The monoisotopic (exact) mass is 545 g/mol. The van der Waals surface area contributed by atoms with E-state index in [4.69, 9.17) is 10.5 Å². The number of fused-ring (bicyclic) bond motifs is 1. The van der Waals surface area contributed by atoms with Crippen LogP contribution in [-0.4, -0.2) is 54.9 Å². The number of nitrogens with zero attached hydrogens (tertiary/aromatic N) is 4. The van der Waals surface area contributed by atoms with Gasteiger partial charge in [-0.2, -0.15) is 0 Å². The van der Waals surface area contributed by atoms with E-state index in [0.29, 0.717) is 16.7 Å². The molecular weight excluding hydrogens is 518 g/mol. The SMILES string of the molecule is C[C@H](Cn1cnc2c(N)ncnc21)OC[P@@](=O)(NCc1ccc(OC(F)(F)F)cc1)NC(C)(C)C(=O)O. The molecule has 1 aromatic carbocycles. The van der Waals surface area contributed by atoms with Gasteiger partial charge in [-0.25, -0.2) is 25.1 Å². The van der Waals surface area contributed by atoms with Gasteiger partial charge in [-0.3, -0.25) is 9.36 Å². The molecule has 202 valence electrons. The van der Waals surface area contributed by atoms with Gasteiger partial charge in [0.1, 0.15) is 29.5 Å². The number of alkyl halides is 3. The quantitative estimate of drug-likeness (QED) is 0.247. The van der Waals surface area contributed by atoms with Gasteiger partial charge in [-0.15, -0.1) is 13.2 Å². The number of aliphatic carboxylic acids is 1. The molecule has 0 saturated carbocycles. The molecule has 0 unspecified atom stereocenters. The van der Waals surface area contributed by atoms with E-state index in [9.17, 15) is 27.6 Å². The second-order valence-corrected chi connectivity index (χ2v) is 11.0. The number of hydrogen-bond donors (Lipinski definition) is 4. The zero-order valence-corrected chi connectivity index (χ0v) is 21.1. The van der Waals surface area contributed by atoms with Gasteiger partial charge in [-0.1, -0.05) is 12.1 Å². The number of carboxylic acid groups (broad SMARTS) is 1. The molecule has 2 heterocycles. The Labute approximate surface area is 209 Å². The molecular formula is C21H27F3N7O5P. The number of halogens is 3. The van der Waals surface area contributed by atoms with Crippen molar-refractivity contribution in [2.75, 3.05) is 12.1 Å². The van der Waals surface area contributed by atoms with E-state index in [1.54, 1.807) is 11.5 Å². The molecule has 5 N–H and O–H groups in total. The number of nitrogens with two attached hydrogens (primary N) is 1. The second-order valence-electron chi connectivity index (χ2n) is 8.74. The third-order valence-electron chi connectivity index (χ3n) is 5.11. The first-order valence-corrected chi connectivity index (χ1v) is 12.8. The number of anilines is 1. The molecule has 16 heteroatoms. The van der Waals surface area contributed by atoms with Crippen LogP contribution in [-0.2, 0) is 27.2 Å². The molecule has 37 heavy (non-hydrogen) atoms. The van der Waals surface area contributed by atoms with Crippen LogP contribution in [0.1, 0.15) is 26.3 Å². The number of ether oxygens (including phenoxy) is 2. The Bertz CT molecular complexity index is 1280. The van der Waals surface area contributed by atoms with Gasteiger partial charge < -0.3 is 24.9 Å². The third kappa shape index (κ3) is 7.86. The normalized spacial score (nSPS) is 14.9. The van der Waals surface area contributed by atoms with Crippen molar-refractivity contribution in [1.29, 1.82) is 0 Å². The van der Waals surface area contributed by atoms with Crippen molar-refractivity contribution >= 4 is 30.4 Å². The van der Waals surface area contributed by atoms with Gasteiger partial charge in [0, 0.05) is 6.54 Å². The van der Waals surface area contributed by atoms with Crippen LogP contribution in [0.3, 0.4) is 0 Å². The summed E-state index contributed by atoms with van der Waals surface area (Å²) >= 11 is 0. The van der Waals surface area contributed by atoms with Gasteiger partial charge in [-0.05, 0) is 38.5 Å². The number of aromatic nitrogens is 4. The van der Waals surface area contributed by atoms with Crippen LogP contribution in [0.25, 0.3) is 11.2 Å². The molecule has 0 aliphatic rings. The molecule has 2 atom stereocenters. The number of imidazole rings is 1. The van der Waals surface area contributed by atoms with Crippen molar-refractivity contribution in [1.82, 2.24) is 29.7 Å². The van der Waals surface area contributed by atoms with E-state index in [1.165, 1.54) is 38.6 Å². The average Bonchev–Trinajstić information content (AvgIpc) is 3.20. The summed E-state index contributed by atoms with van der Waals surface area (Å²) in [6.07, 6.45) is -2.88. The van der Waals surface area contributed by atoms with Gasteiger partial charge >= 0.3 is 12.3 Å². The summed E-state index contributed by atoms with van der Waals surface area (Å²) in [5.41, 5.74) is 5.63. The van der Waals surface area contributed by atoms with Gasteiger partial charge in [0.2, 0.25) is 7.44 Å². The van der Waals surface area contributed by atoms with Crippen molar-refractivity contribution in [3.05, 3.63) is 42.5 Å². The Morgan fingerprint density at radius 2 is 1.89 bits per heavy atom. The van der Waals surface area contributed by atoms with Crippen LogP contribution in [0.2, 0.25) is 0 Å². The predicted molar refractivity (Wildman–Crippen MR) is 128 cm³/mol. The Balaban J connectivity index is 1.68. The number of rotatable bonds is 12. The standard InChI is InChI=1S/C21H27F3N7O5P/c1-13(9-31-11-28-16-17(25)26-10-27-18(16)31)35-12-37(34,30-20(2,3)19(32)33)29-8-14-4-6-15(7-5-14)36-21(22,23)24/h4-7,10-11,13H,8-9,12H2,1-3H3,(H,32,33)(H2,25,26,27)(H2,29,30,34)/t13-,37-/m1/s1. The number of hydrogen-bond acceptors (Lipinski definition) is 8. The van der Waals surface area contributed by atoms with E-state index in [-0.39, 0.29) is 25.3 Å². The summed E-state index contributed by atoms with van der Waals surface area (Å²) in [4.78, 5) is 23.9. The Kier molecular flexibility index (Phi) is 8.42. The summed E-state index contributed by atoms with van der Waals surface area (Å²) in [7, 11) is -3.69. The van der Waals surface area contributed by atoms with Crippen molar-refractivity contribution in [3.8, 4) is 5.75 Å². The highest BCUT2D eigenvalue weighted by molar-refractivity contribution is 7.59. The van der Waals surface area contributed by atoms with Crippen LogP contribution in [0.15, 0.2) is 36.9 Å². The lowest BCUT2D eigenvalue weighted by Gasteiger charge is -2.30. The van der Waals surface area contributed by atoms with E-state index >= 15 is 0 Å². The van der Waals surface area contributed by atoms with Gasteiger partial charge in [0.05, 0.1) is 19.0 Å². The molecule has 3 rings (SSSR count). The lowest BCUT2D eigenvalue weighted by atomic mass is 10.1. The second kappa shape index (κ2) is 11.0. The Hall–Kier alpha value is -3.26. The summed E-state index contributed by atoms with van der Waals surface area (Å²) < 4.78 is 62.1.